The summed E-state index contributed by atoms with van der Waals surface area (Å²) in [4.78, 5) is 0. The van der Waals surface area contributed by atoms with Gasteiger partial charge in [0.2, 0.25) is 0 Å². The summed E-state index contributed by atoms with van der Waals surface area (Å²) in [6, 6.07) is 2.97. The van der Waals surface area contributed by atoms with E-state index >= 15 is 0 Å². The first-order chi connectivity index (χ1) is 6.96. The normalized spacial score (nSPS) is 11.9. The standard InChI is InChI=1S/C12H16ClFO/c1-4-12(15,5-2)10-9(14)7-6-8(3)11(10)13/h6-7,15H,4-5H2,1-3H3. The zero-order valence-corrected chi connectivity index (χ0v) is 10.0. The van der Waals surface area contributed by atoms with Gasteiger partial charge in [-0.1, -0.05) is 31.5 Å². The maximum absolute atomic E-state index is 13.7. The average molecular weight is 231 g/mol. The molecule has 1 rings (SSSR count). The van der Waals surface area contributed by atoms with Crippen molar-refractivity contribution in [3.05, 3.63) is 34.1 Å². The molecule has 0 spiro atoms. The Labute approximate surface area is 94.9 Å². The van der Waals surface area contributed by atoms with Gasteiger partial charge in [-0.2, -0.15) is 0 Å². The Bertz CT molecular complexity index is 359. The number of halogens is 2. The van der Waals surface area contributed by atoms with Crippen LogP contribution in [0.1, 0.15) is 37.8 Å². The number of aryl methyl sites for hydroxylation is 1. The highest BCUT2D eigenvalue weighted by atomic mass is 35.5. The number of hydrogen-bond donors (Lipinski definition) is 1. The van der Waals surface area contributed by atoms with Gasteiger partial charge < -0.3 is 5.11 Å². The van der Waals surface area contributed by atoms with Crippen molar-refractivity contribution >= 4 is 11.6 Å². The Kier molecular flexibility index (Phi) is 3.74. The van der Waals surface area contributed by atoms with Crippen molar-refractivity contribution in [1.82, 2.24) is 0 Å². The highest BCUT2D eigenvalue weighted by molar-refractivity contribution is 6.32. The van der Waals surface area contributed by atoms with Crippen LogP contribution in [-0.2, 0) is 5.60 Å². The van der Waals surface area contributed by atoms with Gasteiger partial charge in [0.1, 0.15) is 5.82 Å². The molecule has 0 bridgehead atoms. The number of hydrogen-bond acceptors (Lipinski definition) is 1. The van der Waals surface area contributed by atoms with Gasteiger partial charge >= 0.3 is 0 Å². The Morgan fingerprint density at radius 1 is 1.33 bits per heavy atom. The van der Waals surface area contributed by atoms with Crippen LogP contribution in [0.4, 0.5) is 4.39 Å². The predicted molar refractivity (Wildman–Crippen MR) is 60.6 cm³/mol. The summed E-state index contributed by atoms with van der Waals surface area (Å²) >= 11 is 6.04. The summed E-state index contributed by atoms with van der Waals surface area (Å²) in [6.45, 7) is 5.44. The van der Waals surface area contributed by atoms with E-state index in [-0.39, 0.29) is 5.56 Å². The van der Waals surface area contributed by atoms with Crippen LogP contribution in [0, 0.1) is 12.7 Å². The zero-order chi connectivity index (χ0) is 11.6. The molecular formula is C12H16ClFO. The third-order valence-corrected chi connectivity index (χ3v) is 3.41. The summed E-state index contributed by atoms with van der Waals surface area (Å²) in [5, 5.41) is 10.6. The second-order valence-electron chi connectivity index (χ2n) is 3.79. The molecular weight excluding hydrogens is 215 g/mol. The number of rotatable bonds is 3. The van der Waals surface area contributed by atoms with Crippen molar-refractivity contribution in [2.24, 2.45) is 0 Å². The summed E-state index contributed by atoms with van der Waals surface area (Å²) < 4.78 is 13.7. The lowest BCUT2D eigenvalue weighted by Gasteiger charge is -2.27. The van der Waals surface area contributed by atoms with E-state index < -0.39 is 11.4 Å². The second-order valence-corrected chi connectivity index (χ2v) is 4.17. The van der Waals surface area contributed by atoms with E-state index in [4.69, 9.17) is 11.6 Å². The van der Waals surface area contributed by atoms with Crippen LogP contribution >= 0.6 is 11.6 Å². The smallest absolute Gasteiger partial charge is 0.130 e. The maximum Gasteiger partial charge on any atom is 0.130 e. The van der Waals surface area contributed by atoms with Crippen molar-refractivity contribution in [3.8, 4) is 0 Å². The van der Waals surface area contributed by atoms with Crippen molar-refractivity contribution in [2.45, 2.75) is 39.2 Å². The third kappa shape index (κ3) is 2.16. The van der Waals surface area contributed by atoms with Gasteiger partial charge in [-0.25, -0.2) is 4.39 Å². The topological polar surface area (TPSA) is 20.2 Å². The maximum atomic E-state index is 13.7. The summed E-state index contributed by atoms with van der Waals surface area (Å²) in [6.07, 6.45) is 0.896. The highest BCUT2D eigenvalue weighted by Crippen LogP contribution is 2.37. The quantitative estimate of drug-likeness (QED) is 0.838. The Hall–Kier alpha value is -0.600. The lowest BCUT2D eigenvalue weighted by atomic mass is 9.87. The first kappa shape index (κ1) is 12.5. The summed E-state index contributed by atoms with van der Waals surface area (Å²) in [5.41, 5.74) is -0.143. The molecule has 0 heterocycles. The molecule has 0 unspecified atom stereocenters. The Morgan fingerprint density at radius 2 is 1.87 bits per heavy atom. The lowest BCUT2D eigenvalue weighted by molar-refractivity contribution is 0.0249. The molecule has 0 aliphatic carbocycles. The molecule has 0 atom stereocenters. The fourth-order valence-corrected chi connectivity index (χ4v) is 2.02. The molecule has 0 amide bonds. The summed E-state index contributed by atoms with van der Waals surface area (Å²) in [7, 11) is 0. The van der Waals surface area contributed by atoms with Crippen LogP contribution in [0.25, 0.3) is 0 Å². The zero-order valence-electron chi connectivity index (χ0n) is 9.27. The van der Waals surface area contributed by atoms with Gasteiger partial charge in [0.25, 0.3) is 0 Å². The molecule has 0 radical (unpaired) electrons. The Balaban J connectivity index is 3.41. The van der Waals surface area contributed by atoms with Gasteiger partial charge in [-0.05, 0) is 31.4 Å². The largest absolute Gasteiger partial charge is 0.385 e. The summed E-state index contributed by atoms with van der Waals surface area (Å²) in [5.74, 6) is -0.434. The van der Waals surface area contributed by atoms with E-state index in [0.29, 0.717) is 17.9 Å². The van der Waals surface area contributed by atoms with Gasteiger partial charge in [0.15, 0.2) is 0 Å². The molecule has 84 valence electrons. The van der Waals surface area contributed by atoms with E-state index in [1.165, 1.54) is 6.07 Å². The van der Waals surface area contributed by atoms with Crippen LogP contribution < -0.4 is 0 Å². The molecule has 0 fully saturated rings. The first-order valence-corrected chi connectivity index (χ1v) is 5.51. The van der Waals surface area contributed by atoms with Crippen molar-refractivity contribution < 1.29 is 9.50 Å². The number of aliphatic hydroxyl groups is 1. The molecule has 0 aliphatic heterocycles. The predicted octanol–water partition coefficient (Wildman–Crippen LogP) is 3.80. The second kappa shape index (κ2) is 4.50. The fourth-order valence-electron chi connectivity index (χ4n) is 1.69. The molecule has 3 heteroatoms. The average Bonchev–Trinajstić information content (AvgIpc) is 2.23. The van der Waals surface area contributed by atoms with Gasteiger partial charge in [-0.15, -0.1) is 0 Å². The van der Waals surface area contributed by atoms with E-state index in [0.717, 1.165) is 5.56 Å². The van der Waals surface area contributed by atoms with Crippen LogP contribution in [0.5, 0.6) is 0 Å². The molecule has 1 nitrogen and oxygen atoms in total. The molecule has 0 aromatic heterocycles. The van der Waals surface area contributed by atoms with Crippen LogP contribution in [0.2, 0.25) is 5.02 Å². The van der Waals surface area contributed by atoms with Crippen LogP contribution in [-0.4, -0.2) is 5.11 Å². The van der Waals surface area contributed by atoms with Crippen molar-refractivity contribution in [2.75, 3.05) is 0 Å². The van der Waals surface area contributed by atoms with Crippen LogP contribution in [0.3, 0.4) is 0 Å². The van der Waals surface area contributed by atoms with Crippen molar-refractivity contribution in [3.63, 3.8) is 0 Å². The van der Waals surface area contributed by atoms with E-state index in [2.05, 4.69) is 0 Å². The van der Waals surface area contributed by atoms with E-state index in [1.54, 1.807) is 13.0 Å². The monoisotopic (exact) mass is 230 g/mol. The van der Waals surface area contributed by atoms with E-state index in [1.807, 2.05) is 13.8 Å². The minimum atomic E-state index is -1.16. The Morgan fingerprint density at radius 3 is 2.33 bits per heavy atom. The molecule has 1 aromatic carbocycles. The van der Waals surface area contributed by atoms with Crippen molar-refractivity contribution in [1.29, 1.82) is 0 Å². The number of benzene rings is 1. The lowest BCUT2D eigenvalue weighted by Crippen LogP contribution is -2.25. The molecule has 1 N–H and O–H groups in total. The van der Waals surface area contributed by atoms with Gasteiger partial charge in [0, 0.05) is 5.56 Å². The fraction of sp³-hybridized carbons (Fsp3) is 0.500. The minimum Gasteiger partial charge on any atom is -0.385 e. The molecule has 0 saturated carbocycles. The molecule has 15 heavy (non-hydrogen) atoms. The minimum absolute atomic E-state index is 0.231. The van der Waals surface area contributed by atoms with E-state index in [9.17, 15) is 9.50 Å². The van der Waals surface area contributed by atoms with Crippen LogP contribution in [0.15, 0.2) is 12.1 Å². The molecule has 1 aromatic rings. The molecule has 0 saturated heterocycles. The SMILES string of the molecule is CCC(O)(CC)c1c(F)ccc(C)c1Cl. The first-order valence-electron chi connectivity index (χ1n) is 5.13. The van der Waals surface area contributed by atoms with Gasteiger partial charge in [-0.3, -0.25) is 0 Å². The van der Waals surface area contributed by atoms with Gasteiger partial charge in [0.05, 0.1) is 10.6 Å². The highest BCUT2D eigenvalue weighted by Gasteiger charge is 2.31. The molecule has 0 aliphatic rings. The third-order valence-electron chi connectivity index (χ3n) is 2.92.